The Labute approximate surface area is 175 Å². The molecule has 0 bridgehead atoms. The Morgan fingerprint density at radius 1 is 1.10 bits per heavy atom. The number of rotatable bonds is 6. The number of carboxylic acid groups (broad SMARTS) is 1. The van der Waals surface area contributed by atoms with E-state index in [0.717, 1.165) is 62.2 Å². The van der Waals surface area contributed by atoms with E-state index in [1.807, 2.05) is 25.1 Å². The molecule has 156 valence electrons. The maximum absolute atomic E-state index is 13.2. The molecule has 0 radical (unpaired) electrons. The number of aryl methyl sites for hydroxylation is 2. The molecule has 0 aliphatic carbocycles. The van der Waals surface area contributed by atoms with Gasteiger partial charge in [-0.25, -0.2) is 4.79 Å². The Balaban J connectivity index is 1.61. The highest BCUT2D eigenvalue weighted by atomic mass is 16.5. The fraction of sp³-hybridized carbons (Fsp3) is 0.333. The summed E-state index contributed by atoms with van der Waals surface area (Å²) in [6, 6.07) is 12.8. The number of benzene rings is 2. The van der Waals surface area contributed by atoms with E-state index in [1.165, 1.54) is 0 Å². The summed E-state index contributed by atoms with van der Waals surface area (Å²) in [5, 5.41) is 10.8. The van der Waals surface area contributed by atoms with Crippen LogP contribution in [0.5, 0.6) is 0 Å². The summed E-state index contributed by atoms with van der Waals surface area (Å²) in [5.74, 6) is -1.01. The molecule has 1 fully saturated rings. The predicted molar refractivity (Wildman–Crippen MR) is 117 cm³/mol. The van der Waals surface area contributed by atoms with Crippen LogP contribution >= 0.6 is 0 Å². The Morgan fingerprint density at radius 3 is 2.67 bits per heavy atom. The predicted octanol–water partition coefficient (Wildman–Crippen LogP) is 3.26. The molecule has 0 saturated carbocycles. The number of carbonyl (C=O) groups is 1. The van der Waals surface area contributed by atoms with E-state index in [0.29, 0.717) is 11.1 Å². The molecule has 4 rings (SSSR count). The van der Waals surface area contributed by atoms with Gasteiger partial charge in [-0.1, -0.05) is 18.2 Å². The Kier molecular flexibility index (Phi) is 5.97. The molecule has 3 aromatic rings. The van der Waals surface area contributed by atoms with Crippen LogP contribution in [-0.2, 0) is 11.2 Å². The van der Waals surface area contributed by atoms with Crippen molar-refractivity contribution in [2.75, 3.05) is 32.8 Å². The van der Waals surface area contributed by atoms with Gasteiger partial charge in [0.2, 0.25) is 0 Å². The van der Waals surface area contributed by atoms with E-state index >= 15 is 0 Å². The molecule has 1 aliphatic heterocycles. The van der Waals surface area contributed by atoms with E-state index in [4.69, 9.17) is 4.74 Å². The second-order valence-corrected chi connectivity index (χ2v) is 7.78. The van der Waals surface area contributed by atoms with Crippen LogP contribution in [0.4, 0.5) is 0 Å². The Morgan fingerprint density at radius 2 is 1.90 bits per heavy atom. The van der Waals surface area contributed by atoms with Gasteiger partial charge in [0.05, 0.1) is 24.5 Å². The van der Waals surface area contributed by atoms with Crippen molar-refractivity contribution in [2.24, 2.45) is 0 Å². The van der Waals surface area contributed by atoms with E-state index in [9.17, 15) is 14.7 Å². The van der Waals surface area contributed by atoms with Crippen molar-refractivity contribution < 1.29 is 14.6 Å². The van der Waals surface area contributed by atoms with Crippen molar-refractivity contribution in [3.8, 4) is 5.69 Å². The molecule has 30 heavy (non-hydrogen) atoms. The number of nitrogens with zero attached hydrogens (tertiary/aromatic N) is 2. The third kappa shape index (κ3) is 4.30. The fourth-order valence-electron chi connectivity index (χ4n) is 3.97. The summed E-state index contributed by atoms with van der Waals surface area (Å²) < 4.78 is 6.93. The molecular weight excluding hydrogens is 380 g/mol. The molecule has 0 atom stereocenters. The van der Waals surface area contributed by atoms with Gasteiger partial charge in [0.15, 0.2) is 0 Å². The molecule has 0 amide bonds. The number of ether oxygens (including phenoxy) is 1. The van der Waals surface area contributed by atoms with Crippen LogP contribution in [0.1, 0.15) is 27.9 Å². The zero-order valence-electron chi connectivity index (χ0n) is 17.1. The van der Waals surface area contributed by atoms with Crippen molar-refractivity contribution in [3.05, 3.63) is 75.7 Å². The van der Waals surface area contributed by atoms with E-state index < -0.39 is 5.97 Å². The quantitative estimate of drug-likeness (QED) is 0.680. The molecule has 2 aromatic carbocycles. The number of hydrogen-bond acceptors (Lipinski definition) is 4. The summed E-state index contributed by atoms with van der Waals surface area (Å²) in [7, 11) is 0. The summed E-state index contributed by atoms with van der Waals surface area (Å²) in [4.78, 5) is 27.0. The zero-order valence-corrected chi connectivity index (χ0v) is 17.1. The minimum Gasteiger partial charge on any atom is -0.478 e. The minimum atomic E-state index is -1.01. The van der Waals surface area contributed by atoms with Crippen LogP contribution in [0.25, 0.3) is 16.5 Å². The summed E-state index contributed by atoms with van der Waals surface area (Å²) in [5.41, 5.74) is 2.62. The third-order valence-electron chi connectivity index (χ3n) is 5.73. The SMILES string of the molecule is Cc1ccc(C(=O)O)cc1-n1ccc2ccc(CCCN3CCOCC3)cc2c1=O. The van der Waals surface area contributed by atoms with Gasteiger partial charge >= 0.3 is 5.97 Å². The van der Waals surface area contributed by atoms with Gasteiger partial charge in [-0.15, -0.1) is 0 Å². The number of aromatic carboxylic acids is 1. The van der Waals surface area contributed by atoms with Gasteiger partial charge in [0, 0.05) is 24.7 Å². The third-order valence-corrected chi connectivity index (χ3v) is 5.73. The monoisotopic (exact) mass is 406 g/mol. The summed E-state index contributed by atoms with van der Waals surface area (Å²) in [6.45, 7) is 6.48. The van der Waals surface area contributed by atoms with E-state index in [1.54, 1.807) is 29.0 Å². The van der Waals surface area contributed by atoms with Crippen LogP contribution in [0.3, 0.4) is 0 Å². The van der Waals surface area contributed by atoms with E-state index in [2.05, 4.69) is 11.0 Å². The van der Waals surface area contributed by atoms with Crippen LogP contribution in [-0.4, -0.2) is 53.4 Å². The van der Waals surface area contributed by atoms with Gasteiger partial charge in [-0.2, -0.15) is 0 Å². The first-order chi connectivity index (χ1) is 14.5. The first kappa shape index (κ1) is 20.3. The largest absolute Gasteiger partial charge is 0.478 e. The minimum absolute atomic E-state index is 0.131. The highest BCUT2D eigenvalue weighted by Gasteiger charge is 2.12. The van der Waals surface area contributed by atoms with Gasteiger partial charge in [-0.3, -0.25) is 14.3 Å². The highest BCUT2D eigenvalue weighted by molar-refractivity contribution is 5.88. The van der Waals surface area contributed by atoms with Crippen LogP contribution < -0.4 is 5.56 Å². The second-order valence-electron chi connectivity index (χ2n) is 7.78. The molecule has 0 unspecified atom stereocenters. The fourth-order valence-corrected chi connectivity index (χ4v) is 3.97. The molecule has 1 aliphatic rings. The first-order valence-electron chi connectivity index (χ1n) is 10.3. The molecule has 0 spiro atoms. The van der Waals surface area contributed by atoms with Gasteiger partial charge in [0.25, 0.3) is 5.56 Å². The lowest BCUT2D eigenvalue weighted by Crippen LogP contribution is -2.36. The lowest BCUT2D eigenvalue weighted by molar-refractivity contribution is 0.0374. The van der Waals surface area contributed by atoms with Crippen LogP contribution in [0.2, 0.25) is 0 Å². The zero-order chi connectivity index (χ0) is 21.1. The topological polar surface area (TPSA) is 71.8 Å². The average molecular weight is 406 g/mol. The van der Waals surface area contributed by atoms with Gasteiger partial charge < -0.3 is 9.84 Å². The van der Waals surface area contributed by atoms with Crippen molar-refractivity contribution in [3.63, 3.8) is 0 Å². The molecular formula is C24H26N2O4. The lowest BCUT2D eigenvalue weighted by atomic mass is 10.0. The normalized spacial score (nSPS) is 14.8. The number of aromatic nitrogens is 1. The molecule has 1 aromatic heterocycles. The maximum Gasteiger partial charge on any atom is 0.335 e. The molecule has 6 heteroatoms. The second kappa shape index (κ2) is 8.81. The molecule has 2 heterocycles. The Hall–Kier alpha value is -2.96. The number of fused-ring (bicyclic) bond motifs is 1. The Bertz CT molecular complexity index is 1130. The molecule has 1 saturated heterocycles. The van der Waals surface area contributed by atoms with Crippen LogP contribution in [0.15, 0.2) is 53.5 Å². The van der Waals surface area contributed by atoms with Crippen molar-refractivity contribution in [2.45, 2.75) is 19.8 Å². The standard InChI is InChI=1S/C24H26N2O4/c1-17-4-6-20(24(28)29)16-22(17)26-10-8-19-7-5-18(15-21(19)23(26)27)3-2-9-25-11-13-30-14-12-25/h4-8,10,15-16H,2-3,9,11-14H2,1H3,(H,28,29). The van der Waals surface area contributed by atoms with E-state index in [-0.39, 0.29) is 11.1 Å². The average Bonchev–Trinajstić information content (AvgIpc) is 2.75. The van der Waals surface area contributed by atoms with Gasteiger partial charge in [-0.05, 0) is 67.1 Å². The number of morpholine rings is 1. The van der Waals surface area contributed by atoms with Crippen molar-refractivity contribution >= 4 is 16.7 Å². The smallest absolute Gasteiger partial charge is 0.335 e. The van der Waals surface area contributed by atoms with Gasteiger partial charge in [0.1, 0.15) is 0 Å². The van der Waals surface area contributed by atoms with Crippen molar-refractivity contribution in [1.82, 2.24) is 9.47 Å². The summed E-state index contributed by atoms with van der Waals surface area (Å²) in [6.07, 6.45) is 3.66. The molecule has 1 N–H and O–H groups in total. The summed E-state index contributed by atoms with van der Waals surface area (Å²) >= 11 is 0. The maximum atomic E-state index is 13.2. The lowest BCUT2D eigenvalue weighted by Gasteiger charge is -2.26. The first-order valence-corrected chi connectivity index (χ1v) is 10.3. The number of hydrogen-bond donors (Lipinski definition) is 1. The van der Waals surface area contributed by atoms with Crippen molar-refractivity contribution in [1.29, 1.82) is 0 Å². The number of pyridine rings is 1. The van der Waals surface area contributed by atoms with Crippen LogP contribution in [0, 0.1) is 6.92 Å². The highest BCUT2D eigenvalue weighted by Crippen LogP contribution is 2.19. The molecule has 6 nitrogen and oxygen atoms in total. The number of carboxylic acids is 1.